The molecule has 2 aliphatic carbocycles. The minimum Gasteiger partial charge on any atom is -0.417 e. The molecule has 1 aliphatic heterocycles. The molecule has 0 unspecified atom stereocenters. The molecule has 0 radical (unpaired) electrons. The highest BCUT2D eigenvalue weighted by Crippen LogP contribution is 2.59. The SMILES string of the molecule is CC(C)(C)[Si](C)(C)OC[C@H]1C[C@@H]2C[C@H]1[C@H]1O[C@@H]21. The molecule has 2 bridgehead atoms. The average molecular weight is 254 g/mol. The van der Waals surface area contributed by atoms with Crippen LogP contribution in [-0.4, -0.2) is 27.1 Å². The van der Waals surface area contributed by atoms with Gasteiger partial charge < -0.3 is 9.16 Å². The molecule has 98 valence electrons. The Balaban J connectivity index is 1.55. The molecular formula is C14H26O2Si. The fraction of sp³-hybridized carbons (Fsp3) is 1.00. The minimum atomic E-state index is -1.55. The van der Waals surface area contributed by atoms with Crippen molar-refractivity contribution < 1.29 is 9.16 Å². The van der Waals surface area contributed by atoms with Gasteiger partial charge in [0.1, 0.15) is 0 Å². The molecule has 0 amide bonds. The third kappa shape index (κ3) is 1.91. The van der Waals surface area contributed by atoms with Gasteiger partial charge in [-0.2, -0.15) is 0 Å². The molecule has 2 nitrogen and oxygen atoms in total. The summed E-state index contributed by atoms with van der Waals surface area (Å²) in [5.41, 5.74) is 0. The first-order valence-corrected chi connectivity index (χ1v) is 10.00. The van der Waals surface area contributed by atoms with Gasteiger partial charge in [0.05, 0.1) is 12.2 Å². The summed E-state index contributed by atoms with van der Waals surface area (Å²) in [5, 5.41) is 0.337. The lowest BCUT2D eigenvalue weighted by Crippen LogP contribution is -2.42. The quantitative estimate of drug-likeness (QED) is 0.568. The van der Waals surface area contributed by atoms with E-state index in [0.29, 0.717) is 17.2 Å². The van der Waals surface area contributed by atoms with E-state index in [9.17, 15) is 0 Å². The van der Waals surface area contributed by atoms with Crippen molar-refractivity contribution in [2.45, 2.75) is 64.0 Å². The van der Waals surface area contributed by atoms with Crippen molar-refractivity contribution in [1.82, 2.24) is 0 Å². The highest BCUT2D eigenvalue weighted by Gasteiger charge is 2.63. The van der Waals surface area contributed by atoms with Crippen molar-refractivity contribution in [1.29, 1.82) is 0 Å². The summed E-state index contributed by atoms with van der Waals surface area (Å²) >= 11 is 0. The number of hydrogen-bond acceptors (Lipinski definition) is 2. The lowest BCUT2D eigenvalue weighted by Gasteiger charge is -2.37. The number of fused-ring (bicyclic) bond motifs is 5. The van der Waals surface area contributed by atoms with Crippen LogP contribution in [0.25, 0.3) is 0 Å². The number of hydrogen-bond donors (Lipinski definition) is 0. The van der Waals surface area contributed by atoms with Gasteiger partial charge in [-0.05, 0) is 48.7 Å². The first-order valence-electron chi connectivity index (χ1n) is 7.09. The van der Waals surface area contributed by atoms with Crippen LogP contribution < -0.4 is 0 Å². The predicted molar refractivity (Wildman–Crippen MR) is 71.5 cm³/mol. The van der Waals surface area contributed by atoms with Crippen molar-refractivity contribution in [3.8, 4) is 0 Å². The standard InChI is InChI=1S/C14H26O2Si/c1-14(2,3)17(4,5)15-8-10-6-9-7-11(10)13-12(9)16-13/h9-13H,6-8H2,1-5H3/t9-,10-,11-,12+,13-/m1/s1. The third-order valence-corrected chi connectivity index (χ3v) is 10.2. The molecule has 2 saturated carbocycles. The van der Waals surface area contributed by atoms with Gasteiger partial charge in [-0.15, -0.1) is 0 Å². The second kappa shape index (κ2) is 3.58. The zero-order chi connectivity index (χ0) is 12.4. The largest absolute Gasteiger partial charge is 0.417 e. The zero-order valence-corrected chi connectivity index (χ0v) is 12.8. The molecule has 5 atom stereocenters. The maximum absolute atomic E-state index is 6.38. The van der Waals surface area contributed by atoms with Crippen LogP contribution >= 0.6 is 0 Å². The predicted octanol–water partition coefficient (Wildman–Crippen LogP) is 3.43. The van der Waals surface area contributed by atoms with Crippen LogP contribution in [0.15, 0.2) is 0 Å². The van der Waals surface area contributed by atoms with E-state index in [0.717, 1.165) is 24.4 Å². The first kappa shape index (κ1) is 12.2. The van der Waals surface area contributed by atoms with Crippen LogP contribution in [0.5, 0.6) is 0 Å². The molecule has 0 spiro atoms. The summed E-state index contributed by atoms with van der Waals surface area (Å²) in [6.07, 6.45) is 4.06. The molecule has 3 heteroatoms. The fourth-order valence-corrected chi connectivity index (χ4v) is 4.52. The number of rotatable bonds is 3. The molecule has 0 aromatic carbocycles. The van der Waals surface area contributed by atoms with E-state index in [2.05, 4.69) is 33.9 Å². The minimum absolute atomic E-state index is 0.337. The molecule has 1 heterocycles. The van der Waals surface area contributed by atoms with Crippen molar-refractivity contribution in [2.75, 3.05) is 6.61 Å². The molecule has 1 saturated heterocycles. The Bertz CT molecular complexity index is 321. The van der Waals surface area contributed by atoms with Crippen LogP contribution in [0.3, 0.4) is 0 Å². The second-order valence-corrected chi connectivity index (χ2v) is 12.6. The molecule has 3 fully saturated rings. The lowest BCUT2D eigenvalue weighted by molar-refractivity contribution is 0.177. The highest BCUT2D eigenvalue weighted by atomic mass is 28.4. The summed E-state index contributed by atoms with van der Waals surface area (Å²) in [6.45, 7) is 12.7. The normalized spacial score (nSPS) is 43.9. The van der Waals surface area contributed by atoms with Gasteiger partial charge in [-0.1, -0.05) is 20.8 Å². The lowest BCUT2D eigenvalue weighted by atomic mass is 9.90. The Hall–Kier alpha value is 0.137. The molecule has 0 aromatic rings. The number of ether oxygens (including phenoxy) is 1. The van der Waals surface area contributed by atoms with E-state index in [1.165, 1.54) is 12.8 Å². The molecule has 0 N–H and O–H groups in total. The van der Waals surface area contributed by atoms with Gasteiger partial charge in [-0.3, -0.25) is 0 Å². The average Bonchev–Trinajstić information content (AvgIpc) is 2.81. The summed E-state index contributed by atoms with van der Waals surface area (Å²) in [5.74, 6) is 2.49. The maximum Gasteiger partial charge on any atom is 0.191 e. The van der Waals surface area contributed by atoms with Gasteiger partial charge in [0, 0.05) is 6.61 Å². The summed E-state index contributed by atoms with van der Waals surface area (Å²) in [6, 6.07) is 0. The second-order valence-electron chi connectivity index (χ2n) is 7.79. The van der Waals surface area contributed by atoms with Crippen molar-refractivity contribution in [2.24, 2.45) is 17.8 Å². The summed E-state index contributed by atoms with van der Waals surface area (Å²) in [4.78, 5) is 0. The maximum atomic E-state index is 6.38. The number of epoxide rings is 1. The van der Waals surface area contributed by atoms with Gasteiger partial charge in [0.15, 0.2) is 8.32 Å². The Morgan fingerprint density at radius 2 is 1.88 bits per heavy atom. The Kier molecular flexibility index (Phi) is 2.57. The Labute approximate surface area is 106 Å². The fourth-order valence-electron chi connectivity index (χ4n) is 3.46. The van der Waals surface area contributed by atoms with Gasteiger partial charge >= 0.3 is 0 Å². The topological polar surface area (TPSA) is 21.8 Å². The van der Waals surface area contributed by atoms with Crippen LogP contribution in [-0.2, 0) is 9.16 Å². The Morgan fingerprint density at radius 3 is 2.41 bits per heavy atom. The van der Waals surface area contributed by atoms with Crippen molar-refractivity contribution in [3.05, 3.63) is 0 Å². The monoisotopic (exact) mass is 254 g/mol. The van der Waals surface area contributed by atoms with Crippen LogP contribution in [0.4, 0.5) is 0 Å². The smallest absolute Gasteiger partial charge is 0.191 e. The zero-order valence-electron chi connectivity index (χ0n) is 11.8. The molecule has 17 heavy (non-hydrogen) atoms. The van der Waals surface area contributed by atoms with Gasteiger partial charge in [0.25, 0.3) is 0 Å². The van der Waals surface area contributed by atoms with Gasteiger partial charge in [-0.25, -0.2) is 0 Å². The van der Waals surface area contributed by atoms with E-state index >= 15 is 0 Å². The summed E-state index contributed by atoms with van der Waals surface area (Å²) in [7, 11) is -1.55. The van der Waals surface area contributed by atoms with E-state index in [1.807, 2.05) is 0 Å². The van der Waals surface area contributed by atoms with E-state index < -0.39 is 8.32 Å². The van der Waals surface area contributed by atoms with E-state index in [-0.39, 0.29) is 0 Å². The molecule has 3 rings (SSSR count). The highest BCUT2D eigenvalue weighted by molar-refractivity contribution is 6.74. The summed E-state index contributed by atoms with van der Waals surface area (Å²) < 4.78 is 12.1. The molecular weight excluding hydrogens is 228 g/mol. The van der Waals surface area contributed by atoms with E-state index in [4.69, 9.17) is 9.16 Å². The third-order valence-electron chi connectivity index (χ3n) is 5.70. The van der Waals surface area contributed by atoms with Crippen LogP contribution in [0.2, 0.25) is 18.1 Å². The van der Waals surface area contributed by atoms with Crippen LogP contribution in [0.1, 0.15) is 33.6 Å². The van der Waals surface area contributed by atoms with E-state index in [1.54, 1.807) is 0 Å². The first-order chi connectivity index (χ1) is 7.79. The Morgan fingerprint density at radius 1 is 1.18 bits per heavy atom. The molecule has 3 aliphatic rings. The van der Waals surface area contributed by atoms with Gasteiger partial charge in [0.2, 0.25) is 0 Å². The van der Waals surface area contributed by atoms with Crippen molar-refractivity contribution >= 4 is 8.32 Å². The molecule has 0 aromatic heterocycles. The van der Waals surface area contributed by atoms with Crippen LogP contribution in [0, 0.1) is 17.8 Å². The van der Waals surface area contributed by atoms with Crippen molar-refractivity contribution in [3.63, 3.8) is 0 Å².